The number of hydrogen-bond donors (Lipinski definition) is 1. The Morgan fingerprint density at radius 2 is 1.90 bits per heavy atom. The summed E-state index contributed by atoms with van der Waals surface area (Å²) < 4.78 is 5.58. The van der Waals surface area contributed by atoms with Gasteiger partial charge in [-0.25, -0.2) is 0 Å². The molecule has 0 aromatic heterocycles. The van der Waals surface area contributed by atoms with Gasteiger partial charge in [-0.05, 0) is 19.8 Å². The van der Waals surface area contributed by atoms with Crippen LogP contribution in [0.25, 0.3) is 0 Å². The van der Waals surface area contributed by atoms with E-state index >= 15 is 0 Å². The fraction of sp³-hybridized carbons (Fsp3) is 0.933. The number of likely N-dealkylation sites (tertiary alicyclic amines) is 1. The van der Waals surface area contributed by atoms with Crippen LogP contribution in [0, 0.1) is 11.3 Å². The first-order chi connectivity index (χ1) is 8.72. The summed E-state index contributed by atoms with van der Waals surface area (Å²) in [6.45, 7) is 16.9. The molecule has 1 heterocycles. The number of hydrogen-bond acceptors (Lipinski definition) is 2. The molecule has 0 spiro atoms. The van der Waals surface area contributed by atoms with Crippen molar-refractivity contribution < 1.29 is 4.74 Å². The SMILES string of the molecule is CN=C(NCCOCC(C)C)N1CC(C)(C)C1(C)C.I. The lowest BCUT2D eigenvalue weighted by Crippen LogP contribution is -2.72. The maximum absolute atomic E-state index is 5.58. The van der Waals surface area contributed by atoms with Gasteiger partial charge >= 0.3 is 0 Å². The molecule has 1 fully saturated rings. The standard InChI is InChI=1S/C15H31N3O.HI/c1-12(2)10-19-9-8-17-13(16-7)18-11-14(3,4)15(18,5)6;/h12H,8-11H2,1-7H3,(H,16,17);1H. The summed E-state index contributed by atoms with van der Waals surface area (Å²) in [5.74, 6) is 1.58. The van der Waals surface area contributed by atoms with E-state index in [-0.39, 0.29) is 29.5 Å². The predicted octanol–water partition coefficient (Wildman–Crippen LogP) is 2.97. The lowest BCUT2D eigenvalue weighted by Gasteiger charge is -2.62. The summed E-state index contributed by atoms with van der Waals surface area (Å²) in [5.41, 5.74) is 0.479. The van der Waals surface area contributed by atoms with Crippen LogP contribution in [-0.4, -0.2) is 49.7 Å². The number of aliphatic imine (C=N–C) groups is 1. The van der Waals surface area contributed by atoms with E-state index in [1.165, 1.54) is 0 Å². The second-order valence-corrected chi connectivity index (χ2v) is 6.97. The van der Waals surface area contributed by atoms with Gasteiger partial charge in [0.25, 0.3) is 0 Å². The van der Waals surface area contributed by atoms with Crippen LogP contribution in [0.15, 0.2) is 4.99 Å². The van der Waals surface area contributed by atoms with E-state index in [4.69, 9.17) is 4.74 Å². The third kappa shape index (κ3) is 4.48. The van der Waals surface area contributed by atoms with Gasteiger partial charge in [0.05, 0.1) is 6.61 Å². The van der Waals surface area contributed by atoms with Gasteiger partial charge < -0.3 is 15.0 Å². The number of nitrogens with one attached hydrogen (secondary N) is 1. The molecule has 0 aromatic carbocycles. The van der Waals surface area contributed by atoms with Gasteiger partial charge in [-0.15, -0.1) is 24.0 Å². The molecule has 5 heteroatoms. The summed E-state index contributed by atoms with van der Waals surface area (Å²) in [5, 5.41) is 3.39. The molecule has 1 rings (SSSR count). The molecular formula is C15H32IN3O. The van der Waals surface area contributed by atoms with Crippen molar-refractivity contribution in [2.75, 3.05) is 33.4 Å². The zero-order chi connectivity index (χ0) is 14.7. The number of ether oxygens (including phenoxy) is 1. The van der Waals surface area contributed by atoms with Gasteiger partial charge in [-0.3, -0.25) is 4.99 Å². The van der Waals surface area contributed by atoms with E-state index in [0.29, 0.717) is 11.3 Å². The molecule has 0 radical (unpaired) electrons. The van der Waals surface area contributed by atoms with Gasteiger partial charge in [-0.2, -0.15) is 0 Å². The van der Waals surface area contributed by atoms with Crippen LogP contribution < -0.4 is 5.32 Å². The number of halogens is 1. The van der Waals surface area contributed by atoms with Crippen LogP contribution in [-0.2, 0) is 4.74 Å². The van der Waals surface area contributed by atoms with Crippen molar-refractivity contribution in [3.8, 4) is 0 Å². The van der Waals surface area contributed by atoms with Crippen LogP contribution in [0.4, 0.5) is 0 Å². The topological polar surface area (TPSA) is 36.9 Å². The van der Waals surface area contributed by atoms with Crippen LogP contribution in [0.2, 0.25) is 0 Å². The average molecular weight is 397 g/mol. The Balaban J connectivity index is 0.00000361. The first-order valence-corrected chi connectivity index (χ1v) is 7.28. The first-order valence-electron chi connectivity index (χ1n) is 7.28. The normalized spacial score (nSPS) is 20.4. The van der Waals surface area contributed by atoms with Crippen molar-refractivity contribution in [3.63, 3.8) is 0 Å². The van der Waals surface area contributed by atoms with Gasteiger partial charge in [0.2, 0.25) is 0 Å². The van der Waals surface area contributed by atoms with Crippen molar-refractivity contribution >= 4 is 29.9 Å². The summed E-state index contributed by atoms with van der Waals surface area (Å²) in [6, 6.07) is 0. The monoisotopic (exact) mass is 397 g/mol. The van der Waals surface area contributed by atoms with E-state index in [9.17, 15) is 0 Å². The Labute approximate surface area is 141 Å². The molecule has 1 N–H and O–H groups in total. The molecule has 0 saturated carbocycles. The Bertz CT molecular complexity index is 327. The largest absolute Gasteiger partial charge is 0.379 e. The van der Waals surface area contributed by atoms with Crippen molar-refractivity contribution in [1.29, 1.82) is 0 Å². The van der Waals surface area contributed by atoms with E-state index < -0.39 is 0 Å². The maximum atomic E-state index is 5.58. The molecule has 120 valence electrons. The fourth-order valence-electron chi connectivity index (χ4n) is 2.25. The number of guanidine groups is 1. The zero-order valence-corrected chi connectivity index (χ0v) is 16.4. The van der Waals surface area contributed by atoms with E-state index in [2.05, 4.69) is 56.8 Å². The predicted molar refractivity (Wildman–Crippen MR) is 97.0 cm³/mol. The van der Waals surface area contributed by atoms with Crippen LogP contribution in [0.1, 0.15) is 41.5 Å². The molecule has 1 aliphatic heterocycles. The van der Waals surface area contributed by atoms with Crippen LogP contribution in [0.3, 0.4) is 0 Å². The third-order valence-electron chi connectivity index (χ3n) is 4.33. The quantitative estimate of drug-likeness (QED) is 0.336. The Morgan fingerprint density at radius 1 is 1.30 bits per heavy atom. The van der Waals surface area contributed by atoms with E-state index in [0.717, 1.165) is 32.3 Å². The summed E-state index contributed by atoms with van der Waals surface area (Å²) in [7, 11) is 1.85. The van der Waals surface area contributed by atoms with E-state index in [1.54, 1.807) is 0 Å². The van der Waals surface area contributed by atoms with Gasteiger partial charge in [0, 0.05) is 37.7 Å². The van der Waals surface area contributed by atoms with Gasteiger partial charge in [0.15, 0.2) is 5.96 Å². The highest BCUT2D eigenvalue weighted by molar-refractivity contribution is 14.0. The number of nitrogens with zero attached hydrogens (tertiary/aromatic N) is 2. The lowest BCUT2D eigenvalue weighted by molar-refractivity contribution is -0.0669. The third-order valence-corrected chi connectivity index (χ3v) is 4.33. The molecule has 20 heavy (non-hydrogen) atoms. The molecule has 0 unspecified atom stereocenters. The lowest BCUT2D eigenvalue weighted by atomic mass is 9.65. The highest BCUT2D eigenvalue weighted by Gasteiger charge is 2.53. The van der Waals surface area contributed by atoms with E-state index in [1.807, 2.05) is 7.05 Å². The van der Waals surface area contributed by atoms with Crippen LogP contribution in [0.5, 0.6) is 0 Å². The Hall–Kier alpha value is -0.0400. The second kappa shape index (κ2) is 7.82. The molecule has 0 aliphatic carbocycles. The molecule has 0 bridgehead atoms. The van der Waals surface area contributed by atoms with Gasteiger partial charge in [-0.1, -0.05) is 27.7 Å². The molecule has 1 aliphatic rings. The molecule has 1 saturated heterocycles. The minimum atomic E-state index is 0. The molecule has 4 nitrogen and oxygen atoms in total. The number of rotatable bonds is 5. The second-order valence-electron chi connectivity index (χ2n) is 6.97. The zero-order valence-electron chi connectivity index (χ0n) is 14.1. The minimum absolute atomic E-state index is 0. The molecule has 0 atom stereocenters. The fourth-order valence-corrected chi connectivity index (χ4v) is 2.25. The van der Waals surface area contributed by atoms with Crippen LogP contribution >= 0.6 is 24.0 Å². The molecule has 0 amide bonds. The molecular weight excluding hydrogens is 365 g/mol. The average Bonchev–Trinajstić information content (AvgIpc) is 2.31. The highest BCUT2D eigenvalue weighted by atomic mass is 127. The maximum Gasteiger partial charge on any atom is 0.194 e. The first kappa shape index (κ1) is 20.0. The smallest absolute Gasteiger partial charge is 0.194 e. The minimum Gasteiger partial charge on any atom is -0.379 e. The van der Waals surface area contributed by atoms with Crippen molar-refractivity contribution in [3.05, 3.63) is 0 Å². The van der Waals surface area contributed by atoms with Crippen molar-refractivity contribution in [1.82, 2.24) is 10.2 Å². The summed E-state index contributed by atoms with van der Waals surface area (Å²) in [4.78, 5) is 6.72. The molecule has 0 aromatic rings. The Kier molecular flexibility index (Phi) is 7.81. The summed E-state index contributed by atoms with van der Waals surface area (Å²) in [6.07, 6.45) is 0. The Morgan fingerprint density at radius 3 is 2.30 bits per heavy atom. The highest BCUT2D eigenvalue weighted by Crippen LogP contribution is 2.46. The van der Waals surface area contributed by atoms with Gasteiger partial charge in [0.1, 0.15) is 0 Å². The summed E-state index contributed by atoms with van der Waals surface area (Å²) >= 11 is 0. The van der Waals surface area contributed by atoms with Crippen molar-refractivity contribution in [2.45, 2.75) is 47.1 Å². The van der Waals surface area contributed by atoms with Crippen molar-refractivity contribution in [2.24, 2.45) is 16.3 Å².